The van der Waals surface area contributed by atoms with E-state index >= 15 is 0 Å². The van der Waals surface area contributed by atoms with Gasteiger partial charge in [0.25, 0.3) is 0 Å². The zero-order valence-corrected chi connectivity index (χ0v) is 11.6. The van der Waals surface area contributed by atoms with Gasteiger partial charge in [-0.25, -0.2) is 4.79 Å². The second-order valence-corrected chi connectivity index (χ2v) is 4.54. The summed E-state index contributed by atoms with van der Waals surface area (Å²) in [5.74, 6) is -0.509. The molecule has 0 saturated heterocycles. The topological polar surface area (TPSA) is 55.8 Å². The van der Waals surface area contributed by atoms with Gasteiger partial charge in [-0.05, 0) is 12.5 Å². The molecular formula is C13H16ClNO4. The third-order valence-corrected chi connectivity index (χ3v) is 2.27. The molecule has 0 N–H and O–H groups in total. The quantitative estimate of drug-likeness (QED) is 0.616. The first-order valence-corrected chi connectivity index (χ1v) is 6.18. The standard InChI is InChI=1S/C13H16ClNO4/c1-10(14)19-13(17)15(2)8-12(16)18-9-11-6-4-3-5-7-11/h3-7,10H,8-9H2,1-2H3. The Labute approximate surface area is 117 Å². The lowest BCUT2D eigenvalue weighted by Crippen LogP contribution is -2.34. The van der Waals surface area contributed by atoms with Crippen LogP contribution in [-0.2, 0) is 20.9 Å². The van der Waals surface area contributed by atoms with Gasteiger partial charge in [-0.3, -0.25) is 4.79 Å². The summed E-state index contributed by atoms with van der Waals surface area (Å²) >= 11 is 5.51. The molecule has 5 nitrogen and oxygen atoms in total. The molecule has 0 aliphatic rings. The van der Waals surface area contributed by atoms with Gasteiger partial charge in [0.1, 0.15) is 13.2 Å². The summed E-state index contributed by atoms with van der Waals surface area (Å²) in [5.41, 5.74) is 0.144. The van der Waals surface area contributed by atoms with Gasteiger partial charge >= 0.3 is 12.1 Å². The molecule has 0 aliphatic heterocycles. The Hall–Kier alpha value is -1.75. The molecule has 1 atom stereocenters. The molecule has 1 aromatic carbocycles. The van der Waals surface area contributed by atoms with Crippen molar-refractivity contribution in [2.45, 2.75) is 19.1 Å². The molecule has 1 unspecified atom stereocenters. The maximum atomic E-state index is 11.5. The highest BCUT2D eigenvalue weighted by Crippen LogP contribution is 2.03. The second kappa shape index (κ2) is 7.63. The number of likely N-dealkylation sites (N-methyl/N-ethyl adjacent to an activating group) is 1. The van der Waals surface area contributed by atoms with Crippen molar-refractivity contribution in [3.63, 3.8) is 0 Å². The van der Waals surface area contributed by atoms with E-state index in [9.17, 15) is 9.59 Å². The monoisotopic (exact) mass is 285 g/mol. The first-order valence-electron chi connectivity index (χ1n) is 5.74. The number of hydrogen-bond donors (Lipinski definition) is 0. The third kappa shape index (κ3) is 6.10. The van der Waals surface area contributed by atoms with Crippen molar-refractivity contribution in [3.05, 3.63) is 35.9 Å². The molecule has 0 saturated carbocycles. The number of nitrogens with zero attached hydrogens (tertiary/aromatic N) is 1. The lowest BCUT2D eigenvalue weighted by atomic mass is 10.2. The van der Waals surface area contributed by atoms with Gasteiger partial charge in [0.2, 0.25) is 0 Å². The fourth-order valence-electron chi connectivity index (χ4n) is 1.27. The summed E-state index contributed by atoms with van der Waals surface area (Å²) in [6.45, 7) is 1.50. The molecule has 1 aromatic rings. The van der Waals surface area contributed by atoms with Crippen molar-refractivity contribution < 1.29 is 19.1 Å². The number of alkyl halides is 1. The molecule has 0 spiro atoms. The number of esters is 1. The van der Waals surface area contributed by atoms with Crippen molar-refractivity contribution in [1.29, 1.82) is 0 Å². The van der Waals surface area contributed by atoms with Crippen molar-refractivity contribution in [2.24, 2.45) is 0 Å². The lowest BCUT2D eigenvalue weighted by Gasteiger charge is -2.17. The van der Waals surface area contributed by atoms with Gasteiger partial charge < -0.3 is 14.4 Å². The van der Waals surface area contributed by atoms with Crippen LogP contribution in [0.1, 0.15) is 12.5 Å². The van der Waals surface area contributed by atoms with Gasteiger partial charge in [-0.1, -0.05) is 41.9 Å². The van der Waals surface area contributed by atoms with E-state index in [0.29, 0.717) is 0 Å². The summed E-state index contributed by atoms with van der Waals surface area (Å²) in [6.07, 6.45) is -0.667. The van der Waals surface area contributed by atoms with Crippen LogP contribution < -0.4 is 0 Å². The summed E-state index contributed by atoms with van der Waals surface area (Å²) < 4.78 is 9.75. The van der Waals surface area contributed by atoms with Crippen LogP contribution in [0.2, 0.25) is 0 Å². The van der Waals surface area contributed by atoms with E-state index in [-0.39, 0.29) is 13.2 Å². The first-order chi connectivity index (χ1) is 8.99. The molecule has 0 aromatic heterocycles. The number of hydrogen-bond acceptors (Lipinski definition) is 4. The van der Waals surface area contributed by atoms with Crippen LogP contribution in [0.15, 0.2) is 30.3 Å². The number of carbonyl (C=O) groups is 2. The average molecular weight is 286 g/mol. The second-order valence-electron chi connectivity index (χ2n) is 3.93. The molecule has 6 heteroatoms. The van der Waals surface area contributed by atoms with E-state index in [4.69, 9.17) is 21.1 Å². The van der Waals surface area contributed by atoms with Gasteiger partial charge in [0.15, 0.2) is 5.56 Å². The predicted molar refractivity (Wildman–Crippen MR) is 70.7 cm³/mol. The molecule has 0 heterocycles. The van der Waals surface area contributed by atoms with Gasteiger partial charge in [-0.2, -0.15) is 0 Å². The lowest BCUT2D eigenvalue weighted by molar-refractivity contribution is -0.145. The van der Waals surface area contributed by atoms with Crippen LogP contribution >= 0.6 is 11.6 Å². The van der Waals surface area contributed by atoms with Crippen molar-refractivity contribution in [1.82, 2.24) is 4.90 Å². The highest BCUT2D eigenvalue weighted by molar-refractivity contribution is 6.19. The minimum absolute atomic E-state index is 0.175. The molecule has 1 rings (SSSR count). The summed E-state index contributed by atoms with van der Waals surface area (Å²) in [5, 5.41) is 0. The minimum Gasteiger partial charge on any atom is -0.459 e. The van der Waals surface area contributed by atoms with E-state index in [0.717, 1.165) is 10.5 Å². The Balaban J connectivity index is 2.33. The number of benzene rings is 1. The van der Waals surface area contributed by atoms with E-state index in [1.165, 1.54) is 14.0 Å². The predicted octanol–water partition coefficient (Wildman–Crippen LogP) is 2.38. The summed E-state index contributed by atoms with van der Waals surface area (Å²) in [6, 6.07) is 9.28. The van der Waals surface area contributed by atoms with Crippen LogP contribution in [0, 0.1) is 0 Å². The number of ether oxygens (including phenoxy) is 2. The zero-order valence-electron chi connectivity index (χ0n) is 10.8. The Morgan fingerprint density at radius 3 is 2.53 bits per heavy atom. The van der Waals surface area contributed by atoms with Gasteiger partial charge in [-0.15, -0.1) is 0 Å². The summed E-state index contributed by atoms with van der Waals surface area (Å²) in [4.78, 5) is 24.0. The summed E-state index contributed by atoms with van der Waals surface area (Å²) in [7, 11) is 1.44. The number of halogens is 1. The van der Waals surface area contributed by atoms with Gasteiger partial charge in [0, 0.05) is 7.05 Å². The molecular weight excluding hydrogens is 270 g/mol. The highest BCUT2D eigenvalue weighted by Gasteiger charge is 2.16. The van der Waals surface area contributed by atoms with Crippen LogP contribution in [0.3, 0.4) is 0 Å². The maximum Gasteiger partial charge on any atom is 0.411 e. The zero-order chi connectivity index (χ0) is 14.3. The van der Waals surface area contributed by atoms with Crippen LogP contribution in [0.4, 0.5) is 4.79 Å². The normalized spacial score (nSPS) is 11.5. The maximum absolute atomic E-state index is 11.5. The van der Waals surface area contributed by atoms with E-state index in [2.05, 4.69) is 0 Å². The number of carbonyl (C=O) groups excluding carboxylic acids is 2. The Morgan fingerprint density at radius 2 is 1.95 bits per heavy atom. The van der Waals surface area contributed by atoms with E-state index < -0.39 is 17.6 Å². The van der Waals surface area contributed by atoms with Crippen LogP contribution in [-0.4, -0.2) is 36.1 Å². The molecule has 19 heavy (non-hydrogen) atoms. The molecule has 0 fully saturated rings. The van der Waals surface area contributed by atoms with Gasteiger partial charge in [0.05, 0.1) is 0 Å². The third-order valence-electron chi connectivity index (χ3n) is 2.18. The number of amides is 1. The smallest absolute Gasteiger partial charge is 0.411 e. The molecule has 0 aliphatic carbocycles. The number of rotatable bonds is 5. The largest absolute Gasteiger partial charge is 0.459 e. The molecule has 1 amide bonds. The SMILES string of the molecule is CC(Cl)OC(=O)N(C)CC(=O)OCc1ccccc1. The molecule has 0 bridgehead atoms. The van der Waals surface area contributed by atoms with Crippen molar-refractivity contribution in [2.75, 3.05) is 13.6 Å². The fourth-order valence-corrected chi connectivity index (χ4v) is 1.35. The van der Waals surface area contributed by atoms with Crippen LogP contribution in [0.5, 0.6) is 0 Å². The fraction of sp³-hybridized carbons (Fsp3) is 0.385. The Bertz CT molecular complexity index is 422. The van der Waals surface area contributed by atoms with Crippen LogP contribution in [0.25, 0.3) is 0 Å². The first kappa shape index (κ1) is 15.3. The highest BCUT2D eigenvalue weighted by atomic mass is 35.5. The minimum atomic E-state index is -0.740. The van der Waals surface area contributed by atoms with Crippen molar-refractivity contribution in [3.8, 4) is 0 Å². The van der Waals surface area contributed by atoms with E-state index in [1.54, 1.807) is 0 Å². The molecule has 104 valence electrons. The van der Waals surface area contributed by atoms with E-state index in [1.807, 2.05) is 30.3 Å². The Morgan fingerprint density at radius 1 is 1.32 bits per heavy atom. The molecule has 0 radical (unpaired) electrons. The Kier molecular flexibility index (Phi) is 6.15. The van der Waals surface area contributed by atoms with Crippen molar-refractivity contribution >= 4 is 23.7 Å². The average Bonchev–Trinajstić information content (AvgIpc) is 2.36.